The molecular weight excluding hydrogens is 734 g/mol. The Balaban J connectivity index is 1.50. The van der Waals surface area contributed by atoms with E-state index in [9.17, 15) is 0 Å². The van der Waals surface area contributed by atoms with Crippen molar-refractivity contribution in [2.24, 2.45) is 0 Å². The van der Waals surface area contributed by atoms with Crippen LogP contribution in [0.15, 0.2) is 36.4 Å². The molecule has 6 nitrogen and oxygen atoms in total. The molecule has 0 heterocycles. The van der Waals surface area contributed by atoms with Crippen molar-refractivity contribution in [3.05, 3.63) is 81.6 Å². The van der Waals surface area contributed by atoms with Gasteiger partial charge in [0, 0.05) is 18.2 Å². The third-order valence-electron chi connectivity index (χ3n) is 4.54. The Kier molecular flexibility index (Phi) is 14.9. The molecule has 0 bridgehead atoms. The highest BCUT2D eigenvalue weighted by molar-refractivity contribution is 7.41. The molecule has 218 valence electrons. The van der Waals surface area contributed by atoms with Crippen molar-refractivity contribution in [1.29, 1.82) is 0 Å². The predicted octanol–water partition coefficient (Wildman–Crippen LogP) is 11.4. The first-order chi connectivity index (χ1) is 19.0. The first-order valence-electron chi connectivity index (χ1n) is 11.1. The summed E-state index contributed by atoms with van der Waals surface area (Å²) in [6.45, 7) is 0.652. The molecule has 3 aromatic rings. The highest BCUT2D eigenvalue weighted by atomic mass is 35.5. The van der Waals surface area contributed by atoms with Gasteiger partial charge in [0.15, 0.2) is 0 Å². The molecule has 0 aliphatic rings. The Labute approximate surface area is 277 Å². The summed E-state index contributed by atoms with van der Waals surface area (Å²) in [5.74, 6) is 1.05. The van der Waals surface area contributed by atoms with Crippen molar-refractivity contribution in [3.8, 4) is 17.2 Å². The van der Waals surface area contributed by atoms with Crippen molar-refractivity contribution >= 4 is 113 Å². The summed E-state index contributed by atoms with van der Waals surface area (Å²) in [5.41, 5.74) is 0. The third-order valence-corrected chi connectivity index (χ3v) is 8.77. The van der Waals surface area contributed by atoms with E-state index < -0.39 is 8.60 Å². The van der Waals surface area contributed by atoms with Gasteiger partial charge in [0.25, 0.3) is 0 Å². The summed E-state index contributed by atoms with van der Waals surface area (Å²) < 4.78 is 34.1. The van der Waals surface area contributed by atoms with Gasteiger partial charge in [-0.2, -0.15) is 0 Å². The fourth-order valence-corrected chi connectivity index (χ4v) is 5.42. The van der Waals surface area contributed by atoms with Crippen LogP contribution in [0.1, 0.15) is 0 Å². The van der Waals surface area contributed by atoms with Gasteiger partial charge in [-0.05, 0) is 18.2 Å². The molecule has 0 atom stereocenters. The van der Waals surface area contributed by atoms with E-state index in [-0.39, 0.29) is 39.6 Å². The largest absolute Gasteiger partial charge is 0.490 e. The molecule has 0 aliphatic carbocycles. The van der Waals surface area contributed by atoms with Crippen LogP contribution in [0.3, 0.4) is 0 Å². The topological polar surface area (TPSA) is 55.4 Å². The Morgan fingerprint density at radius 1 is 0.350 bits per heavy atom. The zero-order valence-corrected chi connectivity index (χ0v) is 27.7. The van der Waals surface area contributed by atoms with Gasteiger partial charge in [-0.15, -0.1) is 0 Å². The molecule has 3 rings (SSSR count). The molecule has 16 heteroatoms. The first-order valence-corrected chi connectivity index (χ1v) is 15.6. The number of benzene rings is 3. The number of hydrogen-bond donors (Lipinski definition) is 0. The van der Waals surface area contributed by atoms with E-state index in [4.69, 9.17) is 132 Å². The van der Waals surface area contributed by atoms with Crippen molar-refractivity contribution < 1.29 is 27.8 Å². The highest BCUT2D eigenvalue weighted by Gasteiger charge is 2.16. The molecule has 0 saturated carbocycles. The van der Waals surface area contributed by atoms with Gasteiger partial charge in [-0.1, -0.05) is 104 Å². The quantitative estimate of drug-likeness (QED) is 0.0875. The summed E-state index contributed by atoms with van der Waals surface area (Å²) in [6.07, 6.45) is 0. The van der Waals surface area contributed by atoms with Crippen LogP contribution in [-0.2, 0) is 13.6 Å². The molecule has 0 unspecified atom stereocenters. The molecular formula is C24H18Cl9O6P. The second kappa shape index (κ2) is 17.3. The van der Waals surface area contributed by atoms with Gasteiger partial charge in [-0.3, -0.25) is 0 Å². The molecule has 0 spiro atoms. The monoisotopic (exact) mass is 748 g/mol. The molecule has 0 saturated heterocycles. The van der Waals surface area contributed by atoms with Gasteiger partial charge in [-0.25, -0.2) is 0 Å². The van der Waals surface area contributed by atoms with Crippen molar-refractivity contribution in [2.45, 2.75) is 0 Å². The Hall–Kier alpha value is -0.0200. The van der Waals surface area contributed by atoms with E-state index in [1.807, 2.05) is 0 Å². The van der Waals surface area contributed by atoms with E-state index in [1.54, 1.807) is 0 Å². The van der Waals surface area contributed by atoms with Crippen LogP contribution in [0, 0.1) is 0 Å². The maximum atomic E-state index is 6.14. The standard InChI is InChI=1S/C24H18Cl9O6P/c25-13-7-19(31)22(10-16(13)28)34-1-4-37-40(38-5-2-35-23-11-17(29)14(26)8-20(23)32)39-6-3-36-24-12-18(30)15(27)9-21(24)33/h7-12H,1-6H2. The first kappa shape index (κ1) is 34.5. The Morgan fingerprint density at radius 3 is 0.875 bits per heavy atom. The van der Waals surface area contributed by atoms with E-state index >= 15 is 0 Å². The molecule has 0 amide bonds. The van der Waals surface area contributed by atoms with Crippen LogP contribution >= 0.6 is 113 Å². The molecule has 0 N–H and O–H groups in total. The van der Waals surface area contributed by atoms with Gasteiger partial charge in [0.05, 0.1) is 65.0 Å². The Morgan fingerprint density at radius 2 is 0.600 bits per heavy atom. The lowest BCUT2D eigenvalue weighted by atomic mass is 10.3. The maximum absolute atomic E-state index is 6.14. The van der Waals surface area contributed by atoms with Crippen LogP contribution < -0.4 is 14.2 Å². The van der Waals surface area contributed by atoms with Gasteiger partial charge < -0.3 is 27.8 Å². The summed E-state index contributed by atoms with van der Waals surface area (Å²) in [6, 6.07) is 9.00. The minimum Gasteiger partial charge on any atom is -0.490 e. The molecule has 0 aliphatic heterocycles. The average molecular weight is 752 g/mol. The SMILES string of the molecule is Clc1cc(Cl)c(OCCOP(OCCOc2cc(Cl)c(Cl)cc2Cl)OCCOc2cc(Cl)c(Cl)cc2Cl)cc1Cl. The zero-order chi connectivity index (χ0) is 29.2. The van der Waals surface area contributed by atoms with Crippen LogP contribution in [-0.4, -0.2) is 39.6 Å². The summed E-state index contributed by atoms with van der Waals surface area (Å²) in [5, 5.41) is 2.78. The van der Waals surface area contributed by atoms with Crippen molar-refractivity contribution in [3.63, 3.8) is 0 Å². The van der Waals surface area contributed by atoms with Crippen molar-refractivity contribution in [1.82, 2.24) is 0 Å². The predicted molar refractivity (Wildman–Crippen MR) is 166 cm³/mol. The van der Waals surface area contributed by atoms with E-state index in [2.05, 4.69) is 0 Å². The number of ether oxygens (including phenoxy) is 3. The lowest BCUT2D eigenvalue weighted by Gasteiger charge is -2.18. The molecule has 3 aromatic carbocycles. The van der Waals surface area contributed by atoms with Crippen LogP contribution in [0.25, 0.3) is 0 Å². The number of rotatable bonds is 15. The maximum Gasteiger partial charge on any atom is 0.333 e. The lowest BCUT2D eigenvalue weighted by molar-refractivity contribution is 0.115. The number of halogens is 9. The normalized spacial score (nSPS) is 11.2. The van der Waals surface area contributed by atoms with Crippen molar-refractivity contribution in [2.75, 3.05) is 39.6 Å². The number of hydrogen-bond acceptors (Lipinski definition) is 6. The minimum absolute atomic E-state index is 0.0984. The average Bonchev–Trinajstić information content (AvgIpc) is 2.90. The molecule has 0 radical (unpaired) electrons. The third kappa shape index (κ3) is 10.9. The second-order valence-electron chi connectivity index (χ2n) is 7.36. The molecule has 0 aromatic heterocycles. The minimum atomic E-state index is -1.84. The van der Waals surface area contributed by atoms with Gasteiger partial charge in [0.1, 0.15) is 37.1 Å². The highest BCUT2D eigenvalue weighted by Crippen LogP contribution is 2.40. The van der Waals surface area contributed by atoms with E-state index in [1.165, 1.54) is 36.4 Å². The molecule has 40 heavy (non-hydrogen) atoms. The lowest BCUT2D eigenvalue weighted by Crippen LogP contribution is -2.12. The van der Waals surface area contributed by atoms with Crippen LogP contribution in [0.2, 0.25) is 45.2 Å². The Bertz CT molecular complexity index is 1140. The second-order valence-corrected chi connectivity index (χ2v) is 12.2. The zero-order valence-electron chi connectivity index (χ0n) is 20.0. The fraction of sp³-hybridized carbons (Fsp3) is 0.250. The smallest absolute Gasteiger partial charge is 0.333 e. The summed E-state index contributed by atoms with van der Waals surface area (Å²) >= 11 is 54.3. The fourth-order valence-electron chi connectivity index (χ4n) is 2.75. The van der Waals surface area contributed by atoms with Gasteiger partial charge in [0.2, 0.25) is 0 Å². The van der Waals surface area contributed by atoms with E-state index in [0.29, 0.717) is 62.5 Å². The summed E-state index contributed by atoms with van der Waals surface area (Å²) in [4.78, 5) is 0. The van der Waals surface area contributed by atoms with Gasteiger partial charge >= 0.3 is 8.60 Å². The van der Waals surface area contributed by atoms with Crippen LogP contribution in [0.5, 0.6) is 17.2 Å². The molecule has 0 fully saturated rings. The van der Waals surface area contributed by atoms with Crippen LogP contribution in [0.4, 0.5) is 0 Å². The van der Waals surface area contributed by atoms with E-state index in [0.717, 1.165) is 0 Å². The summed E-state index contributed by atoms with van der Waals surface area (Å²) in [7, 11) is -1.84.